The molecule has 1 spiro atoms. The maximum atomic E-state index is 13.9. The highest BCUT2D eigenvalue weighted by Gasteiger charge is 2.58. The van der Waals surface area contributed by atoms with Gasteiger partial charge in [0.2, 0.25) is 0 Å². The Morgan fingerprint density at radius 2 is 2.03 bits per heavy atom. The number of thiophene rings is 2. The van der Waals surface area contributed by atoms with E-state index in [1.807, 2.05) is 13.0 Å². The molecule has 33 heavy (non-hydrogen) atoms. The molecule has 0 amide bonds. The average molecular weight is 478 g/mol. The van der Waals surface area contributed by atoms with Crippen LogP contribution in [0.2, 0.25) is 0 Å². The van der Waals surface area contributed by atoms with Crippen LogP contribution in [-0.4, -0.2) is 25.3 Å². The molecule has 0 aromatic carbocycles. The smallest absolute Gasteiger partial charge is 0.188 e. The number of fused-ring (bicyclic) bond motifs is 1. The van der Waals surface area contributed by atoms with E-state index >= 15 is 0 Å². The van der Waals surface area contributed by atoms with E-state index in [0.717, 1.165) is 42.0 Å². The first-order chi connectivity index (χ1) is 16.0. The summed E-state index contributed by atoms with van der Waals surface area (Å²) in [7, 11) is 1.71. The summed E-state index contributed by atoms with van der Waals surface area (Å²) < 4.78 is 0. The lowest BCUT2D eigenvalue weighted by Crippen LogP contribution is -2.53. The summed E-state index contributed by atoms with van der Waals surface area (Å²) in [5.74, 6) is 7.57. The third-order valence-electron chi connectivity index (χ3n) is 8.01. The SMILES string of the molecule is CC#Cc1ccc(-c2ccc(C(=O)[C@@H]3CC[C@@]4(CNC(N)=NC)C=C[C@H]5CCC[C@]53C4)s2)s1. The number of guanidine groups is 1. The maximum Gasteiger partial charge on any atom is 0.188 e. The van der Waals surface area contributed by atoms with Crippen molar-refractivity contribution in [2.45, 2.75) is 45.4 Å². The minimum absolute atomic E-state index is 0.0707. The van der Waals surface area contributed by atoms with Gasteiger partial charge in [0.25, 0.3) is 0 Å². The Morgan fingerprint density at radius 3 is 2.85 bits per heavy atom. The Morgan fingerprint density at radius 1 is 1.21 bits per heavy atom. The van der Waals surface area contributed by atoms with Gasteiger partial charge in [0.1, 0.15) is 0 Å². The number of carbonyl (C=O) groups excluding carboxylic acids is 1. The lowest BCUT2D eigenvalue weighted by Gasteiger charge is -2.54. The first kappa shape index (κ1) is 22.4. The van der Waals surface area contributed by atoms with Crippen LogP contribution in [0.25, 0.3) is 9.75 Å². The van der Waals surface area contributed by atoms with Crippen molar-refractivity contribution in [3.63, 3.8) is 0 Å². The highest BCUT2D eigenvalue weighted by atomic mass is 32.1. The molecule has 0 unspecified atom stereocenters. The van der Waals surface area contributed by atoms with Crippen molar-refractivity contribution < 1.29 is 4.79 Å². The molecule has 2 bridgehead atoms. The predicted molar refractivity (Wildman–Crippen MR) is 139 cm³/mol. The zero-order valence-corrected chi connectivity index (χ0v) is 21.0. The summed E-state index contributed by atoms with van der Waals surface area (Å²) >= 11 is 3.35. The van der Waals surface area contributed by atoms with Crippen molar-refractivity contribution >= 4 is 34.4 Å². The fraction of sp³-hybridized carbons (Fsp3) is 0.481. The second kappa shape index (κ2) is 8.77. The van der Waals surface area contributed by atoms with Crippen LogP contribution in [0.15, 0.2) is 41.4 Å². The quantitative estimate of drug-likeness (QED) is 0.191. The molecule has 5 rings (SSSR count). The number of hydrogen-bond acceptors (Lipinski definition) is 4. The van der Waals surface area contributed by atoms with Crippen LogP contribution in [0, 0.1) is 34.5 Å². The number of nitrogens with two attached hydrogens (primary N) is 1. The second-order valence-corrected chi connectivity index (χ2v) is 11.9. The van der Waals surface area contributed by atoms with Crippen LogP contribution in [0.4, 0.5) is 0 Å². The number of rotatable bonds is 5. The van der Waals surface area contributed by atoms with Gasteiger partial charge in [0.15, 0.2) is 11.7 Å². The molecule has 3 aliphatic carbocycles. The summed E-state index contributed by atoms with van der Waals surface area (Å²) in [4.78, 5) is 22.3. The number of hydrogen-bond donors (Lipinski definition) is 2. The lowest BCUT2D eigenvalue weighted by molar-refractivity contribution is 0.00223. The zero-order chi connectivity index (χ0) is 23.1. The summed E-state index contributed by atoms with van der Waals surface area (Å²) in [6.07, 6.45) is 11.5. The number of ketones is 1. The molecule has 4 nitrogen and oxygen atoms in total. The van der Waals surface area contributed by atoms with Crippen LogP contribution in [0.5, 0.6) is 0 Å². The molecule has 2 fully saturated rings. The van der Waals surface area contributed by atoms with Crippen LogP contribution in [-0.2, 0) is 0 Å². The average Bonchev–Trinajstić information content (AvgIpc) is 3.57. The van der Waals surface area contributed by atoms with E-state index in [1.54, 1.807) is 29.7 Å². The Bertz CT molecular complexity index is 1180. The van der Waals surface area contributed by atoms with Crippen molar-refractivity contribution in [3.8, 4) is 21.6 Å². The summed E-state index contributed by atoms with van der Waals surface area (Å²) in [6.45, 7) is 2.66. The number of allylic oxidation sites excluding steroid dienone is 1. The molecule has 6 heteroatoms. The van der Waals surface area contributed by atoms with Gasteiger partial charge in [-0.15, -0.1) is 28.6 Å². The van der Waals surface area contributed by atoms with Crippen LogP contribution in [0.3, 0.4) is 0 Å². The molecule has 2 heterocycles. The number of Topliss-reactive ketones (excluding diaryl/α,β-unsaturated/α-hetero) is 1. The standard InChI is InChI=1S/C27H31N3OS2/c1-3-5-19-7-8-21(32-19)22-9-10-23(33-22)24(31)20-12-15-26(17-30-25(28)29-2)14-11-18-6-4-13-27(18,20)16-26/h7-11,14,18,20H,4,6,12-13,15-17H2,1-2H3,(H3,28,29,30)/t18-,20+,26+,27+/m1/s1. The van der Waals surface area contributed by atoms with Crippen molar-refractivity contribution in [3.05, 3.63) is 46.2 Å². The van der Waals surface area contributed by atoms with E-state index < -0.39 is 0 Å². The van der Waals surface area contributed by atoms with E-state index in [2.05, 4.69) is 52.5 Å². The molecule has 3 aliphatic rings. The zero-order valence-electron chi connectivity index (χ0n) is 19.3. The highest BCUT2D eigenvalue weighted by Crippen LogP contribution is 2.64. The number of aliphatic imine (C=N–C) groups is 1. The molecular formula is C27H31N3OS2. The van der Waals surface area contributed by atoms with Gasteiger partial charge in [-0.2, -0.15) is 0 Å². The minimum atomic E-state index is 0.0707. The minimum Gasteiger partial charge on any atom is -0.370 e. The molecule has 3 N–H and O–H groups in total. The molecule has 2 aromatic rings. The number of carbonyl (C=O) groups is 1. The van der Waals surface area contributed by atoms with E-state index in [0.29, 0.717) is 17.7 Å². The molecule has 4 atom stereocenters. The Hall–Kier alpha value is -2.36. The van der Waals surface area contributed by atoms with Gasteiger partial charge >= 0.3 is 0 Å². The van der Waals surface area contributed by atoms with Crippen LogP contribution >= 0.6 is 22.7 Å². The monoisotopic (exact) mass is 477 g/mol. The highest BCUT2D eigenvalue weighted by molar-refractivity contribution is 7.23. The Balaban J connectivity index is 1.40. The van der Waals surface area contributed by atoms with Crippen LogP contribution < -0.4 is 11.1 Å². The Labute approximate surface area is 204 Å². The first-order valence-corrected chi connectivity index (χ1v) is 13.4. The van der Waals surface area contributed by atoms with E-state index in [-0.39, 0.29) is 16.7 Å². The van der Waals surface area contributed by atoms with Gasteiger partial charge in [0, 0.05) is 34.7 Å². The molecule has 0 radical (unpaired) electrons. The first-order valence-electron chi connectivity index (χ1n) is 11.8. The van der Waals surface area contributed by atoms with Crippen LogP contribution in [0.1, 0.15) is 60.0 Å². The predicted octanol–water partition coefficient (Wildman–Crippen LogP) is 5.71. The molecular weight excluding hydrogens is 446 g/mol. The molecule has 0 saturated heterocycles. The van der Waals surface area contributed by atoms with Crippen molar-refractivity contribution in [1.29, 1.82) is 0 Å². The maximum absolute atomic E-state index is 13.9. The van der Waals surface area contributed by atoms with Gasteiger partial charge in [0.05, 0.1) is 9.75 Å². The second-order valence-electron chi connectivity index (χ2n) is 9.75. The fourth-order valence-electron chi connectivity index (χ4n) is 6.50. The summed E-state index contributed by atoms with van der Waals surface area (Å²) in [5.41, 5.74) is 6.09. The van der Waals surface area contributed by atoms with Gasteiger partial charge in [-0.3, -0.25) is 9.79 Å². The number of nitrogens with zero attached hydrogens (tertiary/aromatic N) is 1. The van der Waals surface area contributed by atoms with E-state index in [9.17, 15) is 4.79 Å². The van der Waals surface area contributed by atoms with E-state index in [1.165, 1.54) is 22.6 Å². The third-order valence-corrected chi connectivity index (χ3v) is 10.3. The number of nitrogens with one attached hydrogen (secondary N) is 1. The van der Waals surface area contributed by atoms with Crippen molar-refractivity contribution in [1.82, 2.24) is 5.32 Å². The fourth-order valence-corrected chi connectivity index (χ4v) is 8.50. The van der Waals surface area contributed by atoms with Gasteiger partial charge in [-0.25, -0.2) is 0 Å². The lowest BCUT2D eigenvalue weighted by atomic mass is 9.50. The molecule has 172 valence electrons. The van der Waals surface area contributed by atoms with Crippen molar-refractivity contribution in [2.24, 2.45) is 33.4 Å². The molecule has 0 aliphatic heterocycles. The van der Waals surface area contributed by atoms with Gasteiger partial charge < -0.3 is 11.1 Å². The molecule has 2 aromatic heterocycles. The summed E-state index contributed by atoms with van der Waals surface area (Å²) in [6, 6.07) is 8.35. The normalized spacial score (nSPS) is 30.4. The van der Waals surface area contributed by atoms with Gasteiger partial charge in [-0.1, -0.05) is 24.5 Å². The van der Waals surface area contributed by atoms with Gasteiger partial charge in [-0.05, 0) is 74.6 Å². The summed E-state index contributed by atoms with van der Waals surface area (Å²) in [5, 5.41) is 3.32. The topological polar surface area (TPSA) is 67.5 Å². The Kier molecular flexibility index (Phi) is 5.96. The van der Waals surface area contributed by atoms with Crippen molar-refractivity contribution in [2.75, 3.05) is 13.6 Å². The largest absolute Gasteiger partial charge is 0.370 e. The third kappa shape index (κ3) is 3.96. The van der Waals surface area contributed by atoms with E-state index in [4.69, 9.17) is 5.73 Å². The molecule has 2 saturated carbocycles.